The van der Waals surface area contributed by atoms with Gasteiger partial charge in [-0.3, -0.25) is 0 Å². The molecule has 434 valence electrons. The Morgan fingerprint density at radius 1 is 0.134 bits per heavy atom. The lowest BCUT2D eigenvalue weighted by atomic mass is 10.1. The monoisotopic (exact) mass is 1200 g/mol. The van der Waals surface area contributed by atoms with E-state index >= 15 is 0 Å². The fraction of sp³-hybridized carbons (Fsp3) is 0.250. The van der Waals surface area contributed by atoms with Crippen LogP contribution in [-0.2, 0) is 0 Å². The Hall–Kier alpha value is -5.72. The molecule has 0 spiro atoms. The van der Waals surface area contributed by atoms with E-state index in [0.717, 1.165) is 68.2 Å². The molecule has 0 aliphatic carbocycles. The van der Waals surface area contributed by atoms with Gasteiger partial charge in [-0.2, -0.15) is 0 Å². The molecule has 0 unspecified atom stereocenters. The van der Waals surface area contributed by atoms with Crippen molar-refractivity contribution in [3.8, 4) is 0 Å². The highest BCUT2D eigenvalue weighted by molar-refractivity contribution is 8.33. The van der Waals surface area contributed by atoms with Gasteiger partial charge < -0.3 is 19.6 Å². The molecule has 0 aliphatic rings. The predicted molar refractivity (Wildman–Crippen MR) is 387 cm³/mol. The number of benzene rings is 9. The third-order valence-electron chi connectivity index (χ3n) is 14.9. The summed E-state index contributed by atoms with van der Waals surface area (Å²) in [5.74, 6) is 0. The van der Waals surface area contributed by atoms with Crippen molar-refractivity contribution in [1.29, 1.82) is 0 Å². The zero-order chi connectivity index (χ0) is 59.2. The van der Waals surface area contributed by atoms with Gasteiger partial charge in [0.25, 0.3) is 0 Å². The van der Waals surface area contributed by atoms with Crippen LogP contribution in [0.25, 0.3) is 0 Å². The van der Waals surface area contributed by atoms with Crippen LogP contribution in [0.3, 0.4) is 0 Å². The Morgan fingerprint density at radius 2 is 0.207 bits per heavy atom. The molecule has 0 radical (unpaired) electrons. The molecule has 0 fully saturated rings. The molecule has 9 aromatic carbocycles. The van der Waals surface area contributed by atoms with Crippen LogP contribution in [0.4, 0.5) is 68.2 Å². The molecule has 0 aliphatic heterocycles. The van der Waals surface area contributed by atoms with E-state index in [4.69, 9.17) is 0 Å². The van der Waals surface area contributed by atoms with E-state index in [2.05, 4.69) is 351 Å². The van der Waals surface area contributed by atoms with Gasteiger partial charge in [-0.1, -0.05) is 0 Å². The second-order valence-corrected chi connectivity index (χ2v) is 50.8. The molecule has 4 nitrogen and oxygen atoms in total. The van der Waals surface area contributed by atoms with E-state index in [1.807, 2.05) is 0 Å². The van der Waals surface area contributed by atoms with E-state index in [-0.39, 0.29) is 0 Å². The third-order valence-corrected chi connectivity index (χ3v) is 25.0. The van der Waals surface area contributed by atoms with Crippen LogP contribution in [0, 0.1) is 0 Å². The number of hydrogen-bond donors (Lipinski definition) is 0. The number of rotatable bonds is 18. The summed E-state index contributed by atoms with van der Waals surface area (Å²) in [6.45, 7) is 0. The molecule has 0 N–H and O–H groups in total. The van der Waals surface area contributed by atoms with Gasteiger partial charge in [-0.25, -0.2) is 60.2 Å². The molecule has 82 heavy (non-hydrogen) atoms. The highest BCUT2D eigenvalue weighted by Crippen LogP contribution is 2.53. The first-order valence-corrected chi connectivity index (χ1v) is 44.8. The summed E-state index contributed by atoms with van der Waals surface area (Å²) in [5.41, 5.74) is 13.3. The van der Waals surface area contributed by atoms with Gasteiger partial charge in [0.1, 0.15) is 0 Å². The topological polar surface area (TPSA) is 13.0 Å². The van der Waals surface area contributed by atoms with Gasteiger partial charge in [0.15, 0.2) is 0 Å². The van der Waals surface area contributed by atoms with Crippen molar-refractivity contribution in [1.82, 2.24) is 0 Å². The maximum atomic E-state index is 2.40. The van der Waals surface area contributed by atoms with Crippen LogP contribution in [-0.4, -0.2) is 113 Å². The van der Waals surface area contributed by atoms with Gasteiger partial charge in [-0.05, 0) is 360 Å². The fourth-order valence-electron chi connectivity index (χ4n) is 10.1. The first-order chi connectivity index (χ1) is 38.4. The van der Waals surface area contributed by atoms with E-state index in [1.165, 1.54) is 29.4 Å². The average Bonchev–Trinajstić information content (AvgIpc) is 3.54. The average molecular weight is 1200 g/mol. The summed E-state index contributed by atoms with van der Waals surface area (Å²) >= 11 is 0. The van der Waals surface area contributed by atoms with E-state index in [0.29, 0.717) is 0 Å². The van der Waals surface area contributed by atoms with Crippen molar-refractivity contribution < 1.29 is 0 Å². The minimum atomic E-state index is -0.887. The van der Waals surface area contributed by atoms with Crippen molar-refractivity contribution in [3.05, 3.63) is 218 Å². The van der Waals surface area contributed by atoms with Crippen LogP contribution in [0.15, 0.2) is 248 Å². The molecule has 9 aromatic rings. The second kappa shape index (κ2) is 23.7. The number of anilines is 12. The first kappa shape index (κ1) is 60.9. The Bertz CT molecular complexity index is 3000. The Balaban J connectivity index is 1.17. The largest absolute Gasteiger partial charge is 0.311 e. The lowest BCUT2D eigenvalue weighted by Crippen LogP contribution is -2.14. The molecule has 0 amide bonds. The zero-order valence-corrected chi connectivity index (χ0v) is 56.9. The third kappa shape index (κ3) is 14.1. The lowest BCUT2D eigenvalue weighted by Gasteiger charge is -2.32. The van der Waals surface area contributed by atoms with Crippen molar-refractivity contribution in [2.45, 2.75) is 29.4 Å². The summed E-state index contributed by atoms with van der Waals surface area (Å²) in [4.78, 5) is 18.0. The van der Waals surface area contributed by atoms with Crippen molar-refractivity contribution in [2.24, 2.45) is 0 Å². The molecular formula is C72H90N4S6. The minimum absolute atomic E-state index is 0.887. The van der Waals surface area contributed by atoms with Crippen molar-refractivity contribution >= 4 is 128 Å². The Kier molecular flexibility index (Phi) is 17.6. The standard InChI is InChI=1S/C72H90N4S6/c1-77(2,3)67-43-31-61(32-44-67)74(62-33-45-68(46-34-62)78(4,5)6)58-25-19-55(20-26-58)73(56-21-27-59(28-22-56)75(63-35-47-69(48-36-63)79(7,8)9)64-37-49-70(50-38-64)80(10,11)12)57-23-29-60(30-24-57)76(65-39-51-71(52-40-65)81(13,14)15)66-41-53-72(54-42-66)82(16,17)18/h19-54H,1-18H3. The molecule has 0 saturated carbocycles. The van der Waals surface area contributed by atoms with Gasteiger partial charge in [0.05, 0.1) is 0 Å². The Morgan fingerprint density at radius 3 is 0.280 bits per heavy atom. The summed E-state index contributed by atoms with van der Waals surface area (Å²) in [6, 6.07) is 82.9. The maximum absolute atomic E-state index is 2.40. The molecule has 10 heteroatoms. The molecule has 0 bridgehead atoms. The summed E-state index contributed by atoms with van der Waals surface area (Å²) in [7, 11) is -5.32. The maximum Gasteiger partial charge on any atom is 0.0463 e. The number of hydrogen-bond acceptors (Lipinski definition) is 4. The van der Waals surface area contributed by atoms with E-state index < -0.39 is 60.2 Å². The zero-order valence-electron chi connectivity index (χ0n) is 52.0. The normalized spacial score (nSPS) is 13.7. The quantitative estimate of drug-likeness (QED) is 0.0849. The first-order valence-electron chi connectivity index (χ1n) is 27.6. The van der Waals surface area contributed by atoms with Gasteiger partial charge in [-0.15, -0.1) is 0 Å². The van der Waals surface area contributed by atoms with Crippen molar-refractivity contribution in [3.63, 3.8) is 0 Å². The summed E-state index contributed by atoms with van der Waals surface area (Å²) in [5, 5.41) is 0. The fourth-order valence-corrected chi connectivity index (χ4v) is 15.8. The Labute approximate surface area is 504 Å². The van der Waals surface area contributed by atoms with Gasteiger partial charge in [0.2, 0.25) is 0 Å². The van der Waals surface area contributed by atoms with Crippen LogP contribution in [0.1, 0.15) is 0 Å². The summed E-state index contributed by atoms with van der Waals surface area (Å²) < 4.78 is 0. The molecule has 0 atom stereocenters. The second-order valence-electron chi connectivity index (χ2n) is 25.9. The van der Waals surface area contributed by atoms with E-state index in [1.54, 1.807) is 0 Å². The minimum Gasteiger partial charge on any atom is -0.311 e. The lowest BCUT2D eigenvalue weighted by molar-refractivity contribution is 1.22. The van der Waals surface area contributed by atoms with Gasteiger partial charge >= 0.3 is 0 Å². The molecule has 9 rings (SSSR count). The predicted octanol–water partition coefficient (Wildman–Crippen LogP) is 21.9. The van der Waals surface area contributed by atoms with Crippen LogP contribution in [0.5, 0.6) is 0 Å². The van der Waals surface area contributed by atoms with Crippen LogP contribution in [0.2, 0.25) is 0 Å². The SMILES string of the molecule is CS(C)(C)c1ccc(N(c2ccc(N(c3ccc(N(c4ccc(S(C)(C)C)cc4)c4ccc(S(C)(C)C)cc4)cc3)c3ccc(N(c4ccc(S(C)(C)C)cc4)c4ccc(S(C)(C)C)cc4)cc3)cc2)c2ccc(S(C)(C)C)cc2)cc1. The summed E-state index contributed by atoms with van der Waals surface area (Å²) in [6.07, 6.45) is 42.5. The number of nitrogens with zero attached hydrogens (tertiary/aromatic N) is 4. The van der Waals surface area contributed by atoms with Gasteiger partial charge in [0, 0.05) is 68.2 Å². The smallest absolute Gasteiger partial charge is 0.0463 e. The highest BCUT2D eigenvalue weighted by atomic mass is 32.3. The van der Waals surface area contributed by atoms with Crippen molar-refractivity contribution in [2.75, 3.05) is 132 Å². The molecule has 0 saturated heterocycles. The van der Waals surface area contributed by atoms with Crippen LogP contribution < -0.4 is 19.6 Å². The highest BCUT2D eigenvalue weighted by Gasteiger charge is 2.23. The molecule has 0 aromatic heterocycles. The van der Waals surface area contributed by atoms with Crippen LogP contribution >= 0.6 is 60.2 Å². The molecule has 0 heterocycles. The van der Waals surface area contributed by atoms with E-state index in [9.17, 15) is 0 Å². The molecular weight excluding hydrogens is 1110 g/mol.